The molecule has 0 radical (unpaired) electrons. The van der Waals surface area contributed by atoms with Crippen molar-refractivity contribution >= 4 is 17.7 Å². The molecule has 3 aromatic rings. The van der Waals surface area contributed by atoms with Gasteiger partial charge in [0.1, 0.15) is 19.0 Å². The van der Waals surface area contributed by atoms with Gasteiger partial charge in [-0.25, -0.2) is 9.78 Å². The summed E-state index contributed by atoms with van der Waals surface area (Å²) in [5.41, 5.74) is 0.336. The van der Waals surface area contributed by atoms with Gasteiger partial charge in [0.05, 0.1) is 17.8 Å². The molecule has 12 heteroatoms. The van der Waals surface area contributed by atoms with Gasteiger partial charge in [0.2, 0.25) is 5.88 Å². The fourth-order valence-corrected chi connectivity index (χ4v) is 3.53. The molecule has 0 fully saturated rings. The molecule has 190 valence electrons. The van der Waals surface area contributed by atoms with Gasteiger partial charge in [-0.1, -0.05) is 18.2 Å². The number of carbonyl (C=O) groups excluding carboxylic acids is 1. The van der Waals surface area contributed by atoms with Gasteiger partial charge in [0, 0.05) is 11.6 Å². The second-order valence-electron chi connectivity index (χ2n) is 8.02. The Kier molecular flexibility index (Phi) is 7.27. The molecule has 0 saturated heterocycles. The minimum Gasteiger partial charge on any atom is -0.488 e. The third-order valence-corrected chi connectivity index (χ3v) is 5.31. The Bertz CT molecular complexity index is 1250. The zero-order chi connectivity index (χ0) is 25.9. The summed E-state index contributed by atoms with van der Waals surface area (Å²) in [6, 6.07) is 10.6. The number of rotatable bonds is 6. The number of halogens is 3. The van der Waals surface area contributed by atoms with Gasteiger partial charge in [-0.15, -0.1) is 0 Å². The summed E-state index contributed by atoms with van der Waals surface area (Å²) in [6.45, 7) is 1.75. The number of aromatic nitrogens is 2. The number of benzene rings is 1. The molecule has 0 spiro atoms. The normalized spacial score (nSPS) is 14.0. The summed E-state index contributed by atoms with van der Waals surface area (Å²) < 4.78 is 50.7. The SMILES string of the molecule is Cc1cc(-c2cccc(C(F)(F)F)c2)nc2c1OCCN2C(=O)Nc1cccc(OCC(O)C[OH2+])n1. The second-order valence-corrected chi connectivity index (χ2v) is 8.02. The monoisotopic (exact) mass is 505 g/mol. The molecule has 1 unspecified atom stereocenters. The lowest BCUT2D eigenvalue weighted by molar-refractivity contribution is -0.137. The Morgan fingerprint density at radius 3 is 2.78 bits per heavy atom. The first-order chi connectivity index (χ1) is 17.2. The first-order valence-corrected chi connectivity index (χ1v) is 11.0. The number of amides is 2. The highest BCUT2D eigenvalue weighted by Gasteiger charge is 2.31. The molecule has 1 aliphatic heterocycles. The molecule has 0 saturated carbocycles. The molecule has 1 atom stereocenters. The number of aliphatic hydroxyl groups is 1. The van der Waals surface area contributed by atoms with E-state index in [0.29, 0.717) is 11.3 Å². The van der Waals surface area contributed by atoms with Gasteiger partial charge < -0.3 is 19.7 Å². The lowest BCUT2D eigenvalue weighted by atomic mass is 10.1. The number of hydrogen-bond donors (Lipinski definition) is 2. The Labute approximate surface area is 204 Å². The number of urea groups is 1. The lowest BCUT2D eigenvalue weighted by Crippen LogP contribution is -2.41. The van der Waals surface area contributed by atoms with Crippen molar-refractivity contribution in [2.45, 2.75) is 19.2 Å². The Balaban J connectivity index is 1.59. The number of ether oxygens (including phenoxy) is 2. The summed E-state index contributed by atoms with van der Waals surface area (Å²) in [5, 5.41) is 19.3. The van der Waals surface area contributed by atoms with Crippen molar-refractivity contribution in [2.75, 3.05) is 36.6 Å². The van der Waals surface area contributed by atoms with Gasteiger partial charge in [-0.3, -0.25) is 10.2 Å². The molecule has 0 aliphatic carbocycles. The molecule has 9 nitrogen and oxygen atoms in total. The number of aryl methyl sites for hydroxylation is 1. The molecular formula is C24H24F3N4O5+. The van der Waals surface area contributed by atoms with Crippen LogP contribution in [-0.4, -0.2) is 58.7 Å². The largest absolute Gasteiger partial charge is 0.488 e. The van der Waals surface area contributed by atoms with E-state index in [1.165, 1.54) is 17.0 Å². The Morgan fingerprint density at radius 2 is 2.03 bits per heavy atom. The van der Waals surface area contributed by atoms with E-state index in [0.717, 1.165) is 12.1 Å². The molecule has 3 heterocycles. The standard InChI is InChI=1S/C24H23F3N4O5/c1-14-10-18(15-4-2-5-16(11-15)24(25,26)27)28-22-21(14)35-9-8-31(22)23(34)30-19-6-3-7-20(29-19)36-13-17(33)12-32/h2-7,10-11,17,32-33H,8-9,12-13H2,1H3,(H,29,30,34)/p+1. The number of alkyl halides is 3. The van der Waals surface area contributed by atoms with Crippen LogP contribution in [0.25, 0.3) is 11.3 Å². The summed E-state index contributed by atoms with van der Waals surface area (Å²) >= 11 is 0. The van der Waals surface area contributed by atoms with Crippen LogP contribution >= 0.6 is 0 Å². The van der Waals surface area contributed by atoms with E-state index in [1.54, 1.807) is 31.2 Å². The highest BCUT2D eigenvalue weighted by Crippen LogP contribution is 2.38. The van der Waals surface area contributed by atoms with Crippen LogP contribution in [0.5, 0.6) is 11.6 Å². The third kappa shape index (κ3) is 5.66. The molecule has 2 amide bonds. The van der Waals surface area contributed by atoms with E-state index in [9.17, 15) is 23.1 Å². The molecule has 0 bridgehead atoms. The summed E-state index contributed by atoms with van der Waals surface area (Å²) in [6.07, 6.45) is -5.46. The van der Waals surface area contributed by atoms with Gasteiger partial charge >= 0.3 is 12.2 Å². The van der Waals surface area contributed by atoms with Gasteiger partial charge in [-0.05, 0) is 36.8 Å². The van der Waals surface area contributed by atoms with E-state index in [2.05, 4.69) is 15.3 Å². The summed E-state index contributed by atoms with van der Waals surface area (Å²) in [7, 11) is 0. The zero-order valence-electron chi connectivity index (χ0n) is 19.2. The van der Waals surface area contributed by atoms with Crippen molar-refractivity contribution in [2.24, 2.45) is 0 Å². The maximum Gasteiger partial charge on any atom is 0.416 e. The summed E-state index contributed by atoms with van der Waals surface area (Å²) in [4.78, 5) is 23.1. The van der Waals surface area contributed by atoms with Crippen LogP contribution in [0.2, 0.25) is 0 Å². The molecule has 4 N–H and O–H groups in total. The van der Waals surface area contributed by atoms with Crippen molar-refractivity contribution in [1.29, 1.82) is 0 Å². The van der Waals surface area contributed by atoms with Crippen molar-refractivity contribution in [3.63, 3.8) is 0 Å². The second kappa shape index (κ2) is 10.4. The average Bonchev–Trinajstić information content (AvgIpc) is 2.86. The van der Waals surface area contributed by atoms with Crippen LogP contribution < -0.4 is 19.7 Å². The summed E-state index contributed by atoms with van der Waals surface area (Å²) in [5.74, 6) is 0.874. The van der Waals surface area contributed by atoms with Crippen molar-refractivity contribution in [3.05, 3.63) is 59.7 Å². The quantitative estimate of drug-likeness (QED) is 0.496. The zero-order valence-corrected chi connectivity index (χ0v) is 19.2. The van der Waals surface area contributed by atoms with Crippen molar-refractivity contribution < 1.29 is 37.7 Å². The highest BCUT2D eigenvalue weighted by molar-refractivity contribution is 6.02. The minimum absolute atomic E-state index is 0.119. The topological polar surface area (TPSA) is 120 Å². The maximum atomic E-state index is 13.2. The molecule has 2 aromatic heterocycles. The predicted molar refractivity (Wildman–Crippen MR) is 125 cm³/mol. The Hall–Kier alpha value is -3.90. The number of nitrogens with zero attached hydrogens (tertiary/aromatic N) is 3. The number of nitrogens with one attached hydrogen (secondary N) is 1. The van der Waals surface area contributed by atoms with E-state index in [-0.39, 0.29) is 55.1 Å². The van der Waals surface area contributed by atoms with Crippen LogP contribution in [-0.2, 0) is 6.18 Å². The Morgan fingerprint density at radius 1 is 1.25 bits per heavy atom. The van der Waals surface area contributed by atoms with Gasteiger partial charge in [0.25, 0.3) is 0 Å². The average molecular weight is 505 g/mol. The minimum atomic E-state index is -4.50. The van der Waals surface area contributed by atoms with E-state index < -0.39 is 23.9 Å². The fraction of sp³-hybridized carbons (Fsp3) is 0.292. The maximum absolute atomic E-state index is 13.2. The molecule has 4 rings (SSSR count). The van der Waals surface area contributed by atoms with Gasteiger partial charge in [-0.2, -0.15) is 18.2 Å². The van der Waals surface area contributed by atoms with Crippen LogP contribution in [0, 0.1) is 6.92 Å². The number of hydrogen-bond acceptors (Lipinski definition) is 6. The number of anilines is 2. The van der Waals surface area contributed by atoms with Gasteiger partial charge in [0.15, 0.2) is 24.3 Å². The smallest absolute Gasteiger partial charge is 0.416 e. The third-order valence-electron chi connectivity index (χ3n) is 5.31. The van der Waals surface area contributed by atoms with Crippen molar-refractivity contribution in [3.8, 4) is 22.9 Å². The first kappa shape index (κ1) is 25.2. The van der Waals surface area contributed by atoms with E-state index in [4.69, 9.17) is 14.6 Å². The number of pyridine rings is 2. The highest BCUT2D eigenvalue weighted by atomic mass is 19.4. The molecule has 1 aromatic carbocycles. The molecular weight excluding hydrogens is 481 g/mol. The fourth-order valence-electron chi connectivity index (χ4n) is 3.53. The number of fused-ring (bicyclic) bond motifs is 1. The van der Waals surface area contributed by atoms with Crippen molar-refractivity contribution in [1.82, 2.24) is 9.97 Å². The lowest BCUT2D eigenvalue weighted by Gasteiger charge is -2.30. The van der Waals surface area contributed by atoms with Crippen LogP contribution in [0.15, 0.2) is 48.5 Å². The number of aliphatic hydroxyl groups excluding tert-OH is 1. The molecule has 36 heavy (non-hydrogen) atoms. The van der Waals surface area contributed by atoms with E-state index in [1.807, 2.05) is 0 Å². The number of carbonyl (C=O) groups is 1. The first-order valence-electron chi connectivity index (χ1n) is 11.0. The predicted octanol–water partition coefficient (Wildman–Crippen LogP) is 3.37. The van der Waals surface area contributed by atoms with E-state index >= 15 is 0 Å². The van der Waals surface area contributed by atoms with Crippen LogP contribution in [0.3, 0.4) is 0 Å². The van der Waals surface area contributed by atoms with Crippen LogP contribution in [0.1, 0.15) is 11.1 Å². The molecule has 1 aliphatic rings. The van der Waals surface area contributed by atoms with Crippen LogP contribution in [0.4, 0.5) is 29.6 Å².